The summed E-state index contributed by atoms with van der Waals surface area (Å²) < 4.78 is 6.81. The van der Waals surface area contributed by atoms with Gasteiger partial charge in [-0.15, -0.1) is 0 Å². The number of imide groups is 1. The Hall–Kier alpha value is -2.25. The standard InChI is InChI=1S/C24H16BrCl2NO3S/c25-18-7-9-21(31-14-16-6-8-19(26)12-20(16)27)17(10-18)11-22-23(29)28(24(30)32-22)13-15-4-2-1-3-5-15/h1-12H,13-14H2/b22-11-. The van der Waals surface area contributed by atoms with Crippen molar-refractivity contribution in [3.05, 3.63) is 103 Å². The number of hydrogen-bond donors (Lipinski definition) is 0. The molecule has 1 aliphatic rings. The third-order valence-electron chi connectivity index (χ3n) is 4.71. The zero-order chi connectivity index (χ0) is 22.7. The van der Waals surface area contributed by atoms with Crippen LogP contribution in [0.2, 0.25) is 10.0 Å². The van der Waals surface area contributed by atoms with Crippen LogP contribution in [-0.4, -0.2) is 16.0 Å². The third kappa shape index (κ3) is 5.38. The van der Waals surface area contributed by atoms with Crippen molar-refractivity contribution in [2.45, 2.75) is 13.2 Å². The molecule has 162 valence electrons. The normalized spacial score (nSPS) is 15.0. The summed E-state index contributed by atoms with van der Waals surface area (Å²) in [5.74, 6) is 0.240. The predicted molar refractivity (Wildman–Crippen MR) is 133 cm³/mol. The van der Waals surface area contributed by atoms with Gasteiger partial charge in [0.1, 0.15) is 12.4 Å². The van der Waals surface area contributed by atoms with Crippen LogP contribution < -0.4 is 4.74 Å². The van der Waals surface area contributed by atoms with E-state index >= 15 is 0 Å². The van der Waals surface area contributed by atoms with E-state index in [1.807, 2.05) is 42.5 Å². The molecular formula is C24H16BrCl2NO3S. The minimum Gasteiger partial charge on any atom is -0.488 e. The fourth-order valence-electron chi connectivity index (χ4n) is 3.10. The fourth-order valence-corrected chi connectivity index (χ4v) is 4.77. The molecule has 4 rings (SSSR count). The van der Waals surface area contributed by atoms with Crippen LogP contribution in [0.4, 0.5) is 4.79 Å². The lowest BCUT2D eigenvalue weighted by molar-refractivity contribution is -0.123. The molecule has 2 amide bonds. The molecule has 1 aliphatic heterocycles. The van der Waals surface area contributed by atoms with Crippen LogP contribution in [-0.2, 0) is 17.9 Å². The molecular weight excluding hydrogens is 533 g/mol. The fraction of sp³-hybridized carbons (Fsp3) is 0.0833. The van der Waals surface area contributed by atoms with E-state index in [9.17, 15) is 9.59 Å². The molecule has 0 aromatic heterocycles. The highest BCUT2D eigenvalue weighted by Crippen LogP contribution is 2.36. The number of thioether (sulfide) groups is 1. The lowest BCUT2D eigenvalue weighted by Gasteiger charge is -2.13. The van der Waals surface area contributed by atoms with Gasteiger partial charge in [0.2, 0.25) is 0 Å². The van der Waals surface area contributed by atoms with Gasteiger partial charge in [-0.1, -0.05) is 75.5 Å². The third-order valence-corrected chi connectivity index (χ3v) is 6.70. The summed E-state index contributed by atoms with van der Waals surface area (Å²) in [4.78, 5) is 27.0. The molecule has 32 heavy (non-hydrogen) atoms. The molecule has 1 saturated heterocycles. The molecule has 0 spiro atoms. The Balaban J connectivity index is 1.56. The van der Waals surface area contributed by atoms with E-state index in [2.05, 4.69) is 15.9 Å². The van der Waals surface area contributed by atoms with Crippen molar-refractivity contribution in [2.75, 3.05) is 0 Å². The SMILES string of the molecule is O=C1S/C(=C\c2cc(Br)ccc2OCc2ccc(Cl)cc2Cl)C(=O)N1Cc1ccccc1. The minimum atomic E-state index is -0.324. The summed E-state index contributed by atoms with van der Waals surface area (Å²) in [5.41, 5.74) is 2.35. The van der Waals surface area contributed by atoms with Gasteiger partial charge in [-0.2, -0.15) is 0 Å². The Bertz CT molecular complexity index is 1220. The Morgan fingerprint density at radius 2 is 1.78 bits per heavy atom. The molecule has 0 saturated carbocycles. The molecule has 0 bridgehead atoms. The lowest BCUT2D eigenvalue weighted by atomic mass is 10.1. The monoisotopic (exact) mass is 547 g/mol. The first-order chi connectivity index (χ1) is 15.4. The largest absolute Gasteiger partial charge is 0.488 e. The number of ether oxygens (including phenoxy) is 1. The average molecular weight is 549 g/mol. The second-order valence-electron chi connectivity index (χ2n) is 6.96. The maximum atomic E-state index is 12.9. The highest BCUT2D eigenvalue weighted by molar-refractivity contribution is 9.10. The summed E-state index contributed by atoms with van der Waals surface area (Å²) in [6, 6.07) is 20.1. The zero-order valence-electron chi connectivity index (χ0n) is 16.6. The number of carbonyl (C=O) groups is 2. The maximum absolute atomic E-state index is 12.9. The van der Waals surface area contributed by atoms with Gasteiger partial charge in [0.05, 0.1) is 11.4 Å². The second-order valence-corrected chi connectivity index (χ2v) is 9.71. The number of nitrogens with zero attached hydrogens (tertiary/aromatic N) is 1. The first-order valence-corrected chi connectivity index (χ1v) is 11.9. The van der Waals surface area contributed by atoms with Gasteiger partial charge < -0.3 is 4.74 Å². The molecule has 8 heteroatoms. The molecule has 0 N–H and O–H groups in total. The topological polar surface area (TPSA) is 46.6 Å². The molecule has 0 unspecified atom stereocenters. The van der Waals surface area contributed by atoms with Crippen LogP contribution in [0, 0.1) is 0 Å². The second kappa shape index (κ2) is 10.1. The van der Waals surface area contributed by atoms with E-state index in [0.717, 1.165) is 27.4 Å². The number of hydrogen-bond acceptors (Lipinski definition) is 4. The van der Waals surface area contributed by atoms with E-state index in [4.69, 9.17) is 27.9 Å². The van der Waals surface area contributed by atoms with Crippen LogP contribution in [0.15, 0.2) is 76.1 Å². The predicted octanol–water partition coefficient (Wildman–Crippen LogP) is 7.57. The first-order valence-electron chi connectivity index (χ1n) is 9.56. The van der Waals surface area contributed by atoms with Crippen molar-refractivity contribution in [3.8, 4) is 5.75 Å². The highest BCUT2D eigenvalue weighted by atomic mass is 79.9. The molecule has 3 aromatic rings. The van der Waals surface area contributed by atoms with Crippen LogP contribution in [0.3, 0.4) is 0 Å². The van der Waals surface area contributed by atoms with Crippen molar-refractivity contribution >= 4 is 68.1 Å². The van der Waals surface area contributed by atoms with Crippen molar-refractivity contribution in [1.82, 2.24) is 4.90 Å². The first kappa shape index (κ1) is 22.9. The summed E-state index contributed by atoms with van der Waals surface area (Å²) in [7, 11) is 0. The van der Waals surface area contributed by atoms with Crippen LogP contribution in [0.1, 0.15) is 16.7 Å². The van der Waals surface area contributed by atoms with E-state index in [1.165, 1.54) is 4.90 Å². The Morgan fingerprint density at radius 3 is 2.53 bits per heavy atom. The van der Waals surface area contributed by atoms with Crippen LogP contribution in [0.25, 0.3) is 6.08 Å². The highest BCUT2D eigenvalue weighted by Gasteiger charge is 2.35. The van der Waals surface area contributed by atoms with E-state index in [-0.39, 0.29) is 24.3 Å². The average Bonchev–Trinajstić information content (AvgIpc) is 3.02. The summed E-state index contributed by atoms with van der Waals surface area (Å²) in [6.45, 7) is 0.466. The van der Waals surface area contributed by atoms with E-state index in [1.54, 1.807) is 30.3 Å². The van der Waals surface area contributed by atoms with Crippen molar-refractivity contribution in [1.29, 1.82) is 0 Å². The number of benzene rings is 3. The molecule has 1 heterocycles. The molecule has 4 nitrogen and oxygen atoms in total. The van der Waals surface area contributed by atoms with Crippen molar-refractivity contribution in [2.24, 2.45) is 0 Å². The zero-order valence-corrected chi connectivity index (χ0v) is 20.5. The summed E-state index contributed by atoms with van der Waals surface area (Å²) in [6.07, 6.45) is 1.68. The molecule has 0 aliphatic carbocycles. The number of amides is 2. The molecule has 3 aromatic carbocycles. The quantitative estimate of drug-likeness (QED) is 0.298. The van der Waals surface area contributed by atoms with Gasteiger partial charge in [0.25, 0.3) is 11.1 Å². The van der Waals surface area contributed by atoms with Gasteiger partial charge >= 0.3 is 0 Å². The lowest BCUT2D eigenvalue weighted by Crippen LogP contribution is -2.27. The summed E-state index contributed by atoms with van der Waals surface area (Å²) in [5, 5.41) is 0.767. The van der Waals surface area contributed by atoms with Gasteiger partial charge in [-0.25, -0.2) is 0 Å². The van der Waals surface area contributed by atoms with Gasteiger partial charge in [0.15, 0.2) is 0 Å². The Morgan fingerprint density at radius 1 is 1.00 bits per heavy atom. The van der Waals surface area contributed by atoms with Gasteiger partial charge in [-0.05, 0) is 53.7 Å². The maximum Gasteiger partial charge on any atom is 0.293 e. The summed E-state index contributed by atoms with van der Waals surface area (Å²) >= 11 is 16.6. The van der Waals surface area contributed by atoms with Crippen LogP contribution >= 0.6 is 50.9 Å². The smallest absolute Gasteiger partial charge is 0.293 e. The van der Waals surface area contributed by atoms with Gasteiger partial charge in [0, 0.05) is 25.6 Å². The van der Waals surface area contributed by atoms with Crippen LogP contribution in [0.5, 0.6) is 5.75 Å². The minimum absolute atomic E-state index is 0.230. The Kier molecular flexibility index (Phi) is 7.26. The Labute approximate surface area is 208 Å². The molecule has 0 radical (unpaired) electrons. The van der Waals surface area contributed by atoms with Crippen molar-refractivity contribution < 1.29 is 14.3 Å². The van der Waals surface area contributed by atoms with Gasteiger partial charge in [-0.3, -0.25) is 14.5 Å². The molecule has 1 fully saturated rings. The van der Waals surface area contributed by atoms with E-state index in [0.29, 0.717) is 26.3 Å². The number of halogens is 3. The number of carbonyl (C=O) groups excluding carboxylic acids is 2. The number of rotatable bonds is 6. The van der Waals surface area contributed by atoms with E-state index < -0.39 is 0 Å². The van der Waals surface area contributed by atoms with Crippen molar-refractivity contribution in [3.63, 3.8) is 0 Å². The molecule has 0 atom stereocenters.